The Hall–Kier alpha value is -2.15. The first-order chi connectivity index (χ1) is 13.5. The zero-order valence-corrected chi connectivity index (χ0v) is 17.6. The van der Waals surface area contributed by atoms with Gasteiger partial charge in [0.2, 0.25) is 0 Å². The fourth-order valence-electron chi connectivity index (χ4n) is 4.13. The molecule has 0 unspecified atom stereocenters. The van der Waals surface area contributed by atoms with Crippen LogP contribution in [-0.2, 0) is 20.9 Å². The normalized spacial score (nSPS) is 24.7. The molecule has 0 radical (unpaired) electrons. The van der Waals surface area contributed by atoms with Gasteiger partial charge in [0.1, 0.15) is 24.5 Å². The van der Waals surface area contributed by atoms with Crippen molar-refractivity contribution < 1.29 is 23.5 Å². The number of hydrogen-bond acceptors (Lipinski definition) is 4. The van der Waals surface area contributed by atoms with E-state index >= 15 is 0 Å². The summed E-state index contributed by atoms with van der Waals surface area (Å²) < 4.78 is 18.8. The van der Waals surface area contributed by atoms with E-state index in [9.17, 15) is 18.8 Å². The molecule has 8 heteroatoms. The van der Waals surface area contributed by atoms with Crippen LogP contribution in [0.25, 0.3) is 0 Å². The van der Waals surface area contributed by atoms with Gasteiger partial charge in [0.05, 0.1) is 5.02 Å². The number of nitrogens with zero attached hydrogens (tertiary/aromatic N) is 1. The van der Waals surface area contributed by atoms with Crippen molar-refractivity contribution >= 4 is 29.5 Å². The molecule has 0 bridgehead atoms. The predicted octanol–water partition coefficient (Wildman–Crippen LogP) is 4.05. The third-order valence-electron chi connectivity index (χ3n) is 6.04. The summed E-state index contributed by atoms with van der Waals surface area (Å²) in [6.45, 7) is 5.64. The lowest BCUT2D eigenvalue weighted by Crippen LogP contribution is -2.50. The van der Waals surface area contributed by atoms with Gasteiger partial charge in [-0.05, 0) is 49.1 Å². The second kappa shape index (κ2) is 7.94. The summed E-state index contributed by atoms with van der Waals surface area (Å²) in [6, 6.07) is 3.56. The van der Waals surface area contributed by atoms with Crippen LogP contribution in [0.15, 0.2) is 18.2 Å². The minimum absolute atomic E-state index is 0.0525. The van der Waals surface area contributed by atoms with E-state index in [-0.39, 0.29) is 22.6 Å². The topological polar surface area (TPSA) is 75.7 Å². The number of carbonyl (C=O) groups is 3. The van der Waals surface area contributed by atoms with Crippen LogP contribution in [0.4, 0.5) is 9.18 Å². The Morgan fingerprint density at radius 1 is 1.31 bits per heavy atom. The smallest absolute Gasteiger partial charge is 0.326 e. The van der Waals surface area contributed by atoms with E-state index in [0.717, 1.165) is 17.7 Å². The highest BCUT2D eigenvalue weighted by Gasteiger charge is 2.53. The minimum atomic E-state index is -0.937. The number of rotatable bonds is 4. The minimum Gasteiger partial charge on any atom is -0.459 e. The maximum atomic E-state index is 13.8. The lowest BCUT2D eigenvalue weighted by atomic mass is 9.67. The first-order valence-corrected chi connectivity index (χ1v) is 10.1. The number of esters is 1. The average Bonchev–Trinajstić information content (AvgIpc) is 2.85. The average molecular weight is 425 g/mol. The Morgan fingerprint density at radius 2 is 1.97 bits per heavy atom. The second-order valence-corrected chi connectivity index (χ2v) is 9.31. The van der Waals surface area contributed by atoms with Crippen molar-refractivity contribution in [2.45, 2.75) is 58.6 Å². The molecule has 2 aliphatic rings. The highest BCUT2D eigenvalue weighted by Crippen LogP contribution is 2.43. The fourth-order valence-corrected chi connectivity index (χ4v) is 4.35. The molecule has 29 heavy (non-hydrogen) atoms. The van der Waals surface area contributed by atoms with E-state index in [4.69, 9.17) is 16.3 Å². The molecule has 1 saturated carbocycles. The summed E-state index contributed by atoms with van der Waals surface area (Å²) in [5.41, 5.74) is -0.740. The number of halogens is 2. The zero-order valence-electron chi connectivity index (χ0n) is 16.9. The lowest BCUT2D eigenvalue weighted by molar-refractivity contribution is -0.149. The Morgan fingerprint density at radius 3 is 2.55 bits per heavy atom. The first-order valence-electron chi connectivity index (χ1n) is 9.76. The molecule has 1 aliphatic heterocycles. The van der Waals surface area contributed by atoms with Gasteiger partial charge in [-0.15, -0.1) is 0 Å². The maximum absolute atomic E-state index is 13.8. The van der Waals surface area contributed by atoms with Gasteiger partial charge in [-0.2, -0.15) is 0 Å². The quantitative estimate of drug-likeness (QED) is 0.584. The number of nitrogens with one attached hydrogen (secondary N) is 1. The second-order valence-electron chi connectivity index (χ2n) is 8.90. The predicted molar refractivity (Wildman–Crippen MR) is 106 cm³/mol. The van der Waals surface area contributed by atoms with E-state index < -0.39 is 35.8 Å². The van der Waals surface area contributed by atoms with E-state index in [0.29, 0.717) is 18.8 Å². The van der Waals surface area contributed by atoms with Crippen LogP contribution in [0.5, 0.6) is 0 Å². The van der Waals surface area contributed by atoms with Gasteiger partial charge in [-0.25, -0.2) is 9.18 Å². The van der Waals surface area contributed by atoms with Crippen molar-refractivity contribution in [2.75, 3.05) is 6.54 Å². The molecule has 1 aromatic carbocycles. The third kappa shape index (κ3) is 4.39. The number of benzene rings is 1. The summed E-state index contributed by atoms with van der Waals surface area (Å²) in [5.74, 6) is -1.30. The van der Waals surface area contributed by atoms with Crippen molar-refractivity contribution in [1.82, 2.24) is 10.2 Å². The summed E-state index contributed by atoms with van der Waals surface area (Å²) in [5, 5.41) is 2.93. The highest BCUT2D eigenvalue weighted by atomic mass is 35.5. The van der Waals surface area contributed by atoms with Crippen molar-refractivity contribution in [2.24, 2.45) is 11.3 Å². The summed E-state index contributed by atoms with van der Waals surface area (Å²) in [7, 11) is 0. The Labute approximate surface area is 174 Å². The fraction of sp³-hybridized carbons (Fsp3) is 0.571. The first kappa shape index (κ1) is 21.6. The van der Waals surface area contributed by atoms with Crippen LogP contribution in [0.3, 0.4) is 0 Å². The van der Waals surface area contributed by atoms with E-state index in [2.05, 4.69) is 26.1 Å². The van der Waals surface area contributed by atoms with Crippen LogP contribution in [0, 0.1) is 17.2 Å². The summed E-state index contributed by atoms with van der Waals surface area (Å²) >= 11 is 5.91. The van der Waals surface area contributed by atoms with Gasteiger partial charge in [0, 0.05) is 5.56 Å². The van der Waals surface area contributed by atoms with Crippen LogP contribution >= 0.6 is 11.6 Å². The van der Waals surface area contributed by atoms with Gasteiger partial charge < -0.3 is 10.1 Å². The van der Waals surface area contributed by atoms with E-state index in [1.165, 1.54) is 18.2 Å². The molecule has 1 N–H and O–H groups in total. The molecular weight excluding hydrogens is 399 g/mol. The zero-order chi connectivity index (χ0) is 21.4. The SMILES string of the molecule is CC(C)(C)C1CCC2(CC1)NC(=O)N(CC(=O)OCc1c(F)cccc1Cl)C2=O. The maximum Gasteiger partial charge on any atom is 0.326 e. The number of amides is 3. The third-order valence-corrected chi connectivity index (χ3v) is 6.39. The molecule has 158 valence electrons. The molecule has 1 saturated heterocycles. The van der Waals surface area contributed by atoms with Crippen molar-refractivity contribution in [1.29, 1.82) is 0 Å². The van der Waals surface area contributed by atoms with Crippen LogP contribution in [-0.4, -0.2) is 34.9 Å². The molecule has 0 atom stereocenters. The molecular formula is C21H26ClFN2O4. The molecule has 2 fully saturated rings. The monoisotopic (exact) mass is 424 g/mol. The summed E-state index contributed by atoms with van der Waals surface area (Å²) in [6.07, 6.45) is 2.77. The molecule has 1 spiro atoms. The van der Waals surface area contributed by atoms with Crippen molar-refractivity contribution in [3.8, 4) is 0 Å². The van der Waals surface area contributed by atoms with Gasteiger partial charge in [-0.3, -0.25) is 14.5 Å². The number of hydrogen-bond donors (Lipinski definition) is 1. The largest absolute Gasteiger partial charge is 0.459 e. The van der Waals surface area contributed by atoms with Crippen LogP contribution in [0.2, 0.25) is 5.02 Å². The molecule has 0 aromatic heterocycles. The number of ether oxygens (including phenoxy) is 1. The number of urea groups is 1. The Balaban J connectivity index is 1.60. The number of carbonyl (C=O) groups excluding carboxylic acids is 3. The van der Waals surface area contributed by atoms with E-state index in [1.54, 1.807) is 0 Å². The van der Waals surface area contributed by atoms with Crippen molar-refractivity contribution in [3.63, 3.8) is 0 Å². The van der Waals surface area contributed by atoms with Gasteiger partial charge in [0.15, 0.2) is 0 Å². The molecule has 3 amide bonds. The van der Waals surface area contributed by atoms with Crippen molar-refractivity contribution in [3.05, 3.63) is 34.6 Å². The van der Waals surface area contributed by atoms with Crippen LogP contribution < -0.4 is 5.32 Å². The Bertz CT molecular complexity index is 808. The summed E-state index contributed by atoms with van der Waals surface area (Å²) in [4.78, 5) is 38.4. The van der Waals surface area contributed by atoms with Gasteiger partial charge in [0.25, 0.3) is 5.91 Å². The highest BCUT2D eigenvalue weighted by molar-refractivity contribution is 6.31. The van der Waals surface area contributed by atoms with E-state index in [1.807, 2.05) is 0 Å². The number of imide groups is 1. The molecule has 1 aromatic rings. The standard InChI is InChI=1S/C21H26ClFN2O4/c1-20(2,3)13-7-9-21(10-8-13)18(27)25(19(28)24-21)11-17(26)29-12-14-15(22)5-4-6-16(14)23/h4-6,13H,7-12H2,1-3H3,(H,24,28). The lowest BCUT2D eigenvalue weighted by Gasteiger charge is -2.40. The molecule has 1 aliphatic carbocycles. The molecule has 3 rings (SSSR count). The van der Waals surface area contributed by atoms with Gasteiger partial charge in [-0.1, -0.05) is 38.4 Å². The molecule has 1 heterocycles. The Kier molecular flexibility index (Phi) is 5.90. The van der Waals surface area contributed by atoms with Crippen LogP contribution in [0.1, 0.15) is 52.0 Å². The van der Waals surface area contributed by atoms with Gasteiger partial charge >= 0.3 is 12.0 Å². The molecule has 6 nitrogen and oxygen atoms in total.